The Bertz CT molecular complexity index is 536. The van der Waals surface area contributed by atoms with E-state index in [4.69, 9.17) is 11.6 Å². The number of hydrogen-bond acceptors (Lipinski definition) is 2. The summed E-state index contributed by atoms with van der Waals surface area (Å²) in [4.78, 5) is 16.9. The first-order valence-corrected chi connectivity index (χ1v) is 4.55. The molecule has 76 valence electrons. The van der Waals surface area contributed by atoms with Gasteiger partial charge in [-0.15, -0.1) is 0 Å². The lowest BCUT2D eigenvalue weighted by molar-refractivity contribution is 0.605. The molecule has 0 saturated carbocycles. The van der Waals surface area contributed by atoms with Crippen molar-refractivity contribution in [3.63, 3.8) is 0 Å². The molecule has 5 heteroatoms. The standard InChI is InChI=1S/C10H6ClFN2O/c11-7-3-1-6(2-4-7)9-8(12)10(15)14-5-13-9/h1-5H,(H,13,14,15). The number of aromatic amines is 1. The van der Waals surface area contributed by atoms with Crippen molar-refractivity contribution in [2.45, 2.75) is 0 Å². The van der Waals surface area contributed by atoms with Gasteiger partial charge < -0.3 is 4.98 Å². The fourth-order valence-corrected chi connectivity index (χ4v) is 1.32. The summed E-state index contributed by atoms with van der Waals surface area (Å²) in [6, 6.07) is 6.43. The molecule has 0 atom stereocenters. The minimum Gasteiger partial charge on any atom is -0.311 e. The summed E-state index contributed by atoms with van der Waals surface area (Å²) < 4.78 is 13.3. The predicted octanol–water partition coefficient (Wildman–Crippen LogP) is 2.23. The van der Waals surface area contributed by atoms with E-state index in [0.29, 0.717) is 10.6 Å². The Morgan fingerprint density at radius 2 is 1.93 bits per heavy atom. The predicted molar refractivity (Wildman–Crippen MR) is 55.3 cm³/mol. The Morgan fingerprint density at radius 1 is 1.27 bits per heavy atom. The zero-order valence-corrected chi connectivity index (χ0v) is 8.25. The van der Waals surface area contributed by atoms with E-state index in [1.54, 1.807) is 24.3 Å². The smallest absolute Gasteiger partial charge is 0.287 e. The molecule has 0 fully saturated rings. The van der Waals surface area contributed by atoms with E-state index in [1.165, 1.54) is 0 Å². The maximum atomic E-state index is 13.3. The lowest BCUT2D eigenvalue weighted by Crippen LogP contribution is -2.12. The summed E-state index contributed by atoms with van der Waals surface area (Å²) in [5.41, 5.74) is -0.242. The van der Waals surface area contributed by atoms with Gasteiger partial charge in [0.1, 0.15) is 5.69 Å². The van der Waals surface area contributed by atoms with Crippen molar-refractivity contribution in [1.29, 1.82) is 0 Å². The van der Waals surface area contributed by atoms with Crippen LogP contribution >= 0.6 is 11.6 Å². The van der Waals surface area contributed by atoms with Gasteiger partial charge in [-0.3, -0.25) is 4.79 Å². The monoisotopic (exact) mass is 224 g/mol. The second-order valence-electron chi connectivity index (χ2n) is 2.90. The number of nitrogens with zero attached hydrogens (tertiary/aromatic N) is 1. The molecule has 3 nitrogen and oxygen atoms in total. The molecule has 0 bridgehead atoms. The summed E-state index contributed by atoms with van der Waals surface area (Å²) in [5.74, 6) is -0.889. The van der Waals surface area contributed by atoms with Crippen LogP contribution in [0.3, 0.4) is 0 Å². The van der Waals surface area contributed by atoms with E-state index in [0.717, 1.165) is 6.33 Å². The van der Waals surface area contributed by atoms with Crippen LogP contribution < -0.4 is 5.56 Å². The molecule has 0 radical (unpaired) electrons. The topological polar surface area (TPSA) is 45.8 Å². The largest absolute Gasteiger partial charge is 0.311 e. The van der Waals surface area contributed by atoms with Crippen LogP contribution in [0.2, 0.25) is 5.02 Å². The highest BCUT2D eigenvalue weighted by molar-refractivity contribution is 6.30. The second kappa shape index (κ2) is 3.82. The highest BCUT2D eigenvalue weighted by Gasteiger charge is 2.09. The van der Waals surface area contributed by atoms with Gasteiger partial charge in [-0.25, -0.2) is 4.98 Å². The molecule has 1 aromatic heterocycles. The zero-order valence-electron chi connectivity index (χ0n) is 7.50. The van der Waals surface area contributed by atoms with Crippen molar-refractivity contribution in [2.75, 3.05) is 0 Å². The van der Waals surface area contributed by atoms with Gasteiger partial charge in [0.15, 0.2) is 0 Å². The molecule has 0 spiro atoms. The van der Waals surface area contributed by atoms with Crippen molar-refractivity contribution in [3.05, 3.63) is 51.8 Å². The Kier molecular flexibility index (Phi) is 2.51. The highest BCUT2D eigenvalue weighted by atomic mass is 35.5. The van der Waals surface area contributed by atoms with E-state index in [2.05, 4.69) is 9.97 Å². The van der Waals surface area contributed by atoms with Gasteiger partial charge in [0, 0.05) is 10.6 Å². The number of H-pyrrole nitrogens is 1. The van der Waals surface area contributed by atoms with Gasteiger partial charge in [0.2, 0.25) is 5.82 Å². The average Bonchev–Trinajstić information content (AvgIpc) is 2.24. The molecule has 2 rings (SSSR count). The molecular formula is C10H6ClFN2O. The van der Waals surface area contributed by atoms with Crippen molar-refractivity contribution in [2.24, 2.45) is 0 Å². The third kappa shape index (κ3) is 1.89. The number of rotatable bonds is 1. The van der Waals surface area contributed by atoms with Crippen molar-refractivity contribution < 1.29 is 4.39 Å². The number of nitrogens with one attached hydrogen (secondary N) is 1. The molecule has 0 unspecified atom stereocenters. The van der Waals surface area contributed by atoms with Crippen LogP contribution in [0, 0.1) is 5.82 Å². The summed E-state index contributed by atoms with van der Waals surface area (Å²) in [7, 11) is 0. The van der Waals surface area contributed by atoms with Gasteiger partial charge in [0.25, 0.3) is 5.56 Å². The maximum Gasteiger partial charge on any atom is 0.287 e. The Labute approximate surface area is 89.6 Å². The molecule has 0 aliphatic rings. The molecule has 1 N–H and O–H groups in total. The van der Waals surface area contributed by atoms with Crippen LogP contribution in [0.15, 0.2) is 35.4 Å². The molecule has 2 aromatic rings. The second-order valence-corrected chi connectivity index (χ2v) is 3.34. The summed E-state index contributed by atoms with van der Waals surface area (Å²) >= 11 is 5.69. The fourth-order valence-electron chi connectivity index (χ4n) is 1.19. The van der Waals surface area contributed by atoms with E-state index >= 15 is 0 Å². The quantitative estimate of drug-likeness (QED) is 0.808. The van der Waals surface area contributed by atoms with Gasteiger partial charge in [-0.1, -0.05) is 23.7 Å². The van der Waals surface area contributed by atoms with Gasteiger partial charge in [-0.2, -0.15) is 4.39 Å². The molecule has 1 heterocycles. The Morgan fingerprint density at radius 3 is 2.60 bits per heavy atom. The SMILES string of the molecule is O=c1[nH]cnc(-c2ccc(Cl)cc2)c1F. The first-order chi connectivity index (χ1) is 7.18. The molecule has 0 aliphatic heterocycles. The fraction of sp³-hybridized carbons (Fsp3) is 0. The first-order valence-electron chi connectivity index (χ1n) is 4.17. The minimum atomic E-state index is -0.889. The lowest BCUT2D eigenvalue weighted by Gasteiger charge is -2.00. The van der Waals surface area contributed by atoms with Crippen molar-refractivity contribution in [3.8, 4) is 11.3 Å². The number of benzene rings is 1. The molecule has 0 saturated heterocycles. The molecule has 0 amide bonds. The summed E-state index contributed by atoms with van der Waals surface area (Å²) in [6.45, 7) is 0. The van der Waals surface area contributed by atoms with E-state index in [-0.39, 0.29) is 5.69 Å². The zero-order chi connectivity index (χ0) is 10.8. The van der Waals surface area contributed by atoms with Crippen molar-refractivity contribution >= 4 is 11.6 Å². The van der Waals surface area contributed by atoms with E-state index in [9.17, 15) is 9.18 Å². The number of halogens is 2. The molecule has 15 heavy (non-hydrogen) atoms. The van der Waals surface area contributed by atoms with Crippen LogP contribution in [0.5, 0.6) is 0 Å². The van der Waals surface area contributed by atoms with Crippen LogP contribution in [0.4, 0.5) is 4.39 Å². The van der Waals surface area contributed by atoms with E-state index < -0.39 is 11.4 Å². The van der Waals surface area contributed by atoms with Gasteiger partial charge in [0.05, 0.1) is 6.33 Å². The van der Waals surface area contributed by atoms with Crippen LogP contribution in [-0.4, -0.2) is 9.97 Å². The van der Waals surface area contributed by atoms with Gasteiger partial charge in [-0.05, 0) is 12.1 Å². The maximum absolute atomic E-state index is 13.3. The van der Waals surface area contributed by atoms with Crippen LogP contribution in [0.25, 0.3) is 11.3 Å². The highest BCUT2D eigenvalue weighted by Crippen LogP contribution is 2.19. The van der Waals surface area contributed by atoms with Crippen molar-refractivity contribution in [1.82, 2.24) is 9.97 Å². The van der Waals surface area contributed by atoms with Gasteiger partial charge >= 0.3 is 0 Å². The normalized spacial score (nSPS) is 10.3. The summed E-state index contributed by atoms with van der Waals surface area (Å²) in [6.07, 6.45) is 1.16. The number of aromatic nitrogens is 2. The number of hydrogen-bond donors (Lipinski definition) is 1. The third-order valence-electron chi connectivity index (χ3n) is 1.91. The van der Waals surface area contributed by atoms with Crippen LogP contribution in [-0.2, 0) is 0 Å². The lowest BCUT2D eigenvalue weighted by atomic mass is 10.1. The Balaban J connectivity index is 2.59. The Hall–Kier alpha value is -1.68. The average molecular weight is 225 g/mol. The third-order valence-corrected chi connectivity index (χ3v) is 2.17. The molecular weight excluding hydrogens is 219 g/mol. The molecule has 1 aromatic carbocycles. The summed E-state index contributed by atoms with van der Waals surface area (Å²) in [5, 5.41) is 0.545. The first kappa shape index (κ1) is 9.86. The minimum absolute atomic E-state index is 0.0235. The van der Waals surface area contributed by atoms with Crippen LogP contribution in [0.1, 0.15) is 0 Å². The van der Waals surface area contributed by atoms with E-state index in [1.807, 2.05) is 0 Å². The molecule has 0 aliphatic carbocycles.